The number of nitrogens with two attached hydrogens (primary N) is 1. The van der Waals surface area contributed by atoms with Crippen molar-refractivity contribution in [3.8, 4) is 17.2 Å². The molecule has 3 aromatic carbocycles. The minimum Gasteiger partial charge on any atom is -0.508 e. The smallest absolute Gasteiger partial charge is 0.355 e. The van der Waals surface area contributed by atoms with Crippen LogP contribution in [0.15, 0.2) is 85.3 Å². The number of carboxylic acid groups (broad SMARTS) is 1. The standard InChI is InChI=1S/C51H58N6O13/c52-40-13-11-28-10-9-26-4-1-2-5-34(26)50(28,40)20-32-29-18-37(61)38(69-51(68)48(65)47(64)46(63)39(23-59)70-51)19-35(29)57(45(32)49(66)67)42(62)14-8-25-7-12-36(60)30(16-25)31-17-27(22-58)33(44-43(31)55-24-56-44)21-54-41-6-3-15-53-41/h1-8,12,14-16,18-19,24,27-28,31-33,39-40,45-48,53-54,58-61,63-65,68H,9-11,13,17,20-23,52H2,(H,55,56)(H,66,67). The van der Waals surface area contributed by atoms with E-state index in [9.17, 15) is 55.5 Å². The maximum atomic E-state index is 14.9. The Morgan fingerprint density at radius 3 is 2.51 bits per heavy atom. The van der Waals surface area contributed by atoms with Crippen LogP contribution in [0.5, 0.6) is 17.2 Å². The lowest BCUT2D eigenvalue weighted by Crippen LogP contribution is -2.67. The van der Waals surface area contributed by atoms with Crippen molar-refractivity contribution in [2.45, 2.75) is 104 Å². The van der Waals surface area contributed by atoms with E-state index in [0.29, 0.717) is 30.5 Å². The van der Waals surface area contributed by atoms with Crippen LogP contribution in [0, 0.1) is 11.8 Å². The first-order valence-corrected chi connectivity index (χ1v) is 23.7. The molecular formula is C51H58N6O13. The Morgan fingerprint density at radius 2 is 1.76 bits per heavy atom. The number of amides is 1. The summed E-state index contributed by atoms with van der Waals surface area (Å²) in [5, 5.41) is 101. The third-order valence-electron chi connectivity index (χ3n) is 15.9. The van der Waals surface area contributed by atoms with Gasteiger partial charge in [-0.1, -0.05) is 30.3 Å². The predicted molar refractivity (Wildman–Crippen MR) is 252 cm³/mol. The summed E-state index contributed by atoms with van der Waals surface area (Å²) in [5.41, 5.74) is 11.3. The summed E-state index contributed by atoms with van der Waals surface area (Å²) in [4.78, 5) is 40.8. The van der Waals surface area contributed by atoms with Crippen molar-refractivity contribution < 1.29 is 65.0 Å². The van der Waals surface area contributed by atoms with Crippen molar-refractivity contribution in [3.05, 3.63) is 125 Å². The lowest BCUT2D eigenvalue weighted by molar-refractivity contribution is -0.422. The summed E-state index contributed by atoms with van der Waals surface area (Å²) >= 11 is 0. The average molecular weight is 963 g/mol. The molecule has 1 amide bonds. The highest BCUT2D eigenvalue weighted by atomic mass is 16.8. The number of carboxylic acids is 1. The van der Waals surface area contributed by atoms with E-state index in [1.165, 1.54) is 24.3 Å². The molecule has 13 atom stereocenters. The van der Waals surface area contributed by atoms with Gasteiger partial charge in [0.1, 0.15) is 35.9 Å². The molecule has 2 aromatic heterocycles. The summed E-state index contributed by atoms with van der Waals surface area (Å²) in [6.45, 7) is -0.543. The first-order chi connectivity index (χ1) is 33.7. The Kier molecular flexibility index (Phi) is 12.5. The van der Waals surface area contributed by atoms with Gasteiger partial charge in [-0.25, -0.2) is 9.78 Å². The Bertz CT molecular complexity index is 2780. The van der Waals surface area contributed by atoms with Crippen molar-refractivity contribution in [2.75, 3.05) is 30.0 Å². The zero-order valence-electron chi connectivity index (χ0n) is 38.0. The number of ether oxygens (including phenoxy) is 2. The normalized spacial score (nSPS) is 32.3. The molecule has 2 fully saturated rings. The molecule has 0 radical (unpaired) electrons. The quantitative estimate of drug-likeness (QED) is 0.0596. The number of phenols is 2. The van der Waals surface area contributed by atoms with Crippen LogP contribution >= 0.6 is 0 Å². The predicted octanol–water partition coefficient (Wildman–Crippen LogP) is 2.60. The number of aliphatic hydroxyl groups is 6. The van der Waals surface area contributed by atoms with Crippen molar-refractivity contribution in [3.63, 3.8) is 0 Å². The molecule has 19 heteroatoms. The molecule has 10 rings (SSSR count). The number of rotatable bonds is 13. The fraction of sp³-hybridized carbons (Fsp3) is 0.431. The first-order valence-electron chi connectivity index (χ1n) is 23.7. The van der Waals surface area contributed by atoms with E-state index in [1.807, 2.05) is 36.5 Å². The number of imidazole rings is 1. The van der Waals surface area contributed by atoms with E-state index in [2.05, 4.69) is 26.3 Å². The molecule has 1 saturated carbocycles. The molecule has 5 aliphatic rings. The van der Waals surface area contributed by atoms with Gasteiger partial charge < -0.3 is 76.5 Å². The van der Waals surface area contributed by atoms with Gasteiger partial charge in [0.25, 0.3) is 5.91 Å². The molecule has 370 valence electrons. The van der Waals surface area contributed by atoms with E-state index in [1.54, 1.807) is 18.5 Å². The van der Waals surface area contributed by atoms with Crippen molar-refractivity contribution in [1.82, 2.24) is 15.0 Å². The molecule has 2 aliphatic heterocycles. The molecule has 19 nitrogen and oxygen atoms in total. The Balaban J connectivity index is 1.01. The lowest BCUT2D eigenvalue weighted by Gasteiger charge is -2.46. The molecule has 0 bridgehead atoms. The number of anilines is 2. The zero-order valence-corrected chi connectivity index (χ0v) is 38.0. The average Bonchev–Trinajstić information content (AvgIpc) is 4.18. The van der Waals surface area contributed by atoms with Crippen molar-refractivity contribution in [1.29, 1.82) is 0 Å². The third-order valence-corrected chi connectivity index (χ3v) is 15.9. The van der Waals surface area contributed by atoms with Crippen LogP contribution in [-0.2, 0) is 26.2 Å². The minimum absolute atomic E-state index is 0.00705. The first kappa shape index (κ1) is 47.4. The van der Waals surface area contributed by atoms with Gasteiger partial charge in [0.15, 0.2) is 17.6 Å². The van der Waals surface area contributed by atoms with E-state index >= 15 is 0 Å². The monoisotopic (exact) mass is 962 g/mol. The Morgan fingerprint density at radius 1 is 0.943 bits per heavy atom. The maximum absolute atomic E-state index is 14.9. The highest BCUT2D eigenvalue weighted by Gasteiger charge is 2.58. The fourth-order valence-electron chi connectivity index (χ4n) is 12.4. The Labute approximate surface area is 401 Å². The third kappa shape index (κ3) is 7.90. The number of hydrogen-bond acceptors (Lipinski definition) is 15. The number of carbonyl (C=O) groups excluding carboxylic acids is 1. The van der Waals surface area contributed by atoms with Crippen LogP contribution in [0.1, 0.15) is 89.1 Å². The lowest BCUT2D eigenvalue weighted by atomic mass is 9.59. The minimum atomic E-state index is -3.14. The number of hydrogen-bond donors (Lipinski definition) is 13. The number of aliphatic hydroxyl groups excluding tert-OH is 5. The van der Waals surface area contributed by atoms with Crippen LogP contribution < -0.4 is 20.7 Å². The second-order valence-electron chi connectivity index (χ2n) is 19.5. The molecule has 5 aromatic rings. The van der Waals surface area contributed by atoms with Crippen molar-refractivity contribution in [2.24, 2.45) is 17.6 Å². The number of phenolic OH excluding ortho intramolecular Hbond substituents is 2. The number of benzene rings is 3. The second-order valence-corrected chi connectivity index (χ2v) is 19.5. The fourth-order valence-corrected chi connectivity index (χ4v) is 12.4. The molecular weight excluding hydrogens is 905 g/mol. The zero-order chi connectivity index (χ0) is 49.2. The van der Waals surface area contributed by atoms with Gasteiger partial charge in [-0.05, 0) is 109 Å². The number of aliphatic carboxylic acids is 1. The van der Waals surface area contributed by atoms with Crippen molar-refractivity contribution >= 4 is 29.5 Å². The van der Waals surface area contributed by atoms with Crippen LogP contribution in [0.2, 0.25) is 0 Å². The molecule has 14 N–H and O–H groups in total. The summed E-state index contributed by atoms with van der Waals surface area (Å²) in [6.07, 6.45) is 2.06. The topological polar surface area (TPSA) is 320 Å². The van der Waals surface area contributed by atoms with Gasteiger partial charge in [-0.3, -0.25) is 9.69 Å². The number of nitrogens with zero attached hydrogens (tertiary/aromatic N) is 2. The molecule has 13 unspecified atom stereocenters. The number of H-pyrrole nitrogens is 2. The maximum Gasteiger partial charge on any atom is 0.355 e. The summed E-state index contributed by atoms with van der Waals surface area (Å²) in [6, 6.07) is 17.1. The molecule has 4 heterocycles. The van der Waals surface area contributed by atoms with Gasteiger partial charge in [-0.15, -0.1) is 0 Å². The number of aryl methyl sites for hydroxylation is 1. The van der Waals surface area contributed by atoms with E-state index in [4.69, 9.17) is 15.2 Å². The van der Waals surface area contributed by atoms with Gasteiger partial charge in [0.2, 0.25) is 0 Å². The van der Waals surface area contributed by atoms with Crippen LogP contribution in [0.4, 0.5) is 11.5 Å². The van der Waals surface area contributed by atoms with Gasteiger partial charge in [0.05, 0.1) is 24.3 Å². The Hall–Kier alpha value is -6.29. The van der Waals surface area contributed by atoms with Crippen LogP contribution in [0.25, 0.3) is 6.08 Å². The van der Waals surface area contributed by atoms with Gasteiger partial charge in [0, 0.05) is 72.0 Å². The number of carbonyl (C=O) groups is 2. The molecule has 0 spiro atoms. The SMILES string of the molecule is NC1CCC2CCc3ccccc3C12CC1c2cc(O)c(OC3(O)OC(CO)C(O)C(O)C3O)cc2N(C(=O)C=Cc2ccc(O)c(C3CC(CO)C(CNc4ccc[nH]4)c4nc[nH]c43)c2)C1C(=O)O. The molecule has 1 saturated heterocycles. The summed E-state index contributed by atoms with van der Waals surface area (Å²) in [5.74, 6) is -7.34. The molecule has 70 heavy (non-hydrogen) atoms. The number of aromatic nitrogens is 3. The summed E-state index contributed by atoms with van der Waals surface area (Å²) < 4.78 is 11.0. The van der Waals surface area contributed by atoms with Gasteiger partial charge >= 0.3 is 11.9 Å². The summed E-state index contributed by atoms with van der Waals surface area (Å²) in [7, 11) is 0. The van der Waals surface area contributed by atoms with E-state index in [-0.39, 0.29) is 53.8 Å². The molecule has 3 aliphatic carbocycles. The van der Waals surface area contributed by atoms with Gasteiger partial charge in [-0.2, -0.15) is 0 Å². The number of aromatic amines is 2. The van der Waals surface area contributed by atoms with Crippen LogP contribution in [-0.4, -0.2) is 135 Å². The van der Waals surface area contributed by atoms with Crippen LogP contribution in [0.3, 0.4) is 0 Å². The highest BCUT2D eigenvalue weighted by molar-refractivity contribution is 6.10. The van der Waals surface area contributed by atoms with E-state index < -0.39 is 83.7 Å². The second kappa shape index (κ2) is 18.5. The van der Waals surface area contributed by atoms with E-state index in [0.717, 1.165) is 58.6 Å². The number of nitrogens with one attached hydrogen (secondary N) is 3. The number of fused-ring (bicyclic) bond motifs is 5. The number of aromatic hydroxyl groups is 2. The highest BCUT2D eigenvalue weighted by Crippen LogP contribution is 2.59. The largest absolute Gasteiger partial charge is 0.508 e.